The quantitative estimate of drug-likeness (QED) is 0.717. The van der Waals surface area contributed by atoms with E-state index in [1.54, 1.807) is 6.20 Å². The molecule has 1 heterocycles. The molecule has 4 N–H and O–H groups in total. The Kier molecular flexibility index (Phi) is 5.42. The van der Waals surface area contributed by atoms with E-state index in [2.05, 4.69) is 15.6 Å². The lowest BCUT2D eigenvalue weighted by Crippen LogP contribution is -2.33. The van der Waals surface area contributed by atoms with E-state index in [1.165, 1.54) is 0 Å². The highest BCUT2D eigenvalue weighted by Crippen LogP contribution is 2.13. The minimum absolute atomic E-state index is 0.0601. The van der Waals surface area contributed by atoms with Crippen LogP contribution in [0.25, 0.3) is 0 Å². The van der Waals surface area contributed by atoms with Gasteiger partial charge in [0, 0.05) is 19.0 Å². The first-order valence-corrected chi connectivity index (χ1v) is 6.28. The molecule has 0 radical (unpaired) electrons. The molecule has 0 saturated carbocycles. The molecule has 18 heavy (non-hydrogen) atoms. The van der Waals surface area contributed by atoms with Gasteiger partial charge < -0.3 is 16.4 Å². The Balaban J connectivity index is 2.35. The number of pyridine rings is 1. The topological polar surface area (TPSA) is 80.0 Å². The third kappa shape index (κ3) is 4.61. The number of amides is 1. The van der Waals surface area contributed by atoms with Crippen LogP contribution in [0.2, 0.25) is 0 Å². The van der Waals surface area contributed by atoms with Gasteiger partial charge in [-0.2, -0.15) is 0 Å². The van der Waals surface area contributed by atoms with E-state index in [-0.39, 0.29) is 11.9 Å². The Bertz CT molecular complexity index is 406. The van der Waals surface area contributed by atoms with E-state index in [4.69, 9.17) is 5.73 Å². The molecule has 0 aromatic carbocycles. The average molecular weight is 250 g/mol. The Morgan fingerprint density at radius 2 is 2.28 bits per heavy atom. The summed E-state index contributed by atoms with van der Waals surface area (Å²) in [6.45, 7) is 6.55. The van der Waals surface area contributed by atoms with Gasteiger partial charge in [0.2, 0.25) is 5.91 Å². The molecule has 0 aliphatic carbocycles. The summed E-state index contributed by atoms with van der Waals surface area (Å²) in [4.78, 5) is 15.7. The van der Waals surface area contributed by atoms with Crippen LogP contribution in [-0.4, -0.2) is 23.5 Å². The third-order valence-corrected chi connectivity index (χ3v) is 2.76. The highest BCUT2D eigenvalue weighted by molar-refractivity contribution is 5.76. The maximum absolute atomic E-state index is 11.6. The lowest BCUT2D eigenvalue weighted by Gasteiger charge is -2.12. The molecule has 0 aliphatic rings. The first-order chi connectivity index (χ1) is 8.52. The summed E-state index contributed by atoms with van der Waals surface area (Å²) in [5, 5.41) is 6.06. The number of rotatable bonds is 6. The average Bonchev–Trinajstić information content (AvgIpc) is 2.31. The Hall–Kier alpha value is -1.78. The van der Waals surface area contributed by atoms with Crippen LogP contribution in [0.3, 0.4) is 0 Å². The first kappa shape index (κ1) is 14.3. The van der Waals surface area contributed by atoms with Crippen LogP contribution in [0.4, 0.5) is 11.5 Å². The molecule has 100 valence electrons. The van der Waals surface area contributed by atoms with Crippen LogP contribution >= 0.6 is 0 Å². The van der Waals surface area contributed by atoms with Crippen molar-refractivity contribution in [3.05, 3.63) is 17.8 Å². The zero-order valence-corrected chi connectivity index (χ0v) is 11.3. The van der Waals surface area contributed by atoms with E-state index >= 15 is 0 Å². The van der Waals surface area contributed by atoms with E-state index in [9.17, 15) is 4.79 Å². The largest absolute Gasteiger partial charge is 0.397 e. The van der Waals surface area contributed by atoms with Crippen molar-refractivity contribution in [2.45, 2.75) is 39.7 Å². The van der Waals surface area contributed by atoms with Crippen molar-refractivity contribution < 1.29 is 4.79 Å². The highest BCUT2D eigenvalue weighted by Gasteiger charge is 2.05. The summed E-state index contributed by atoms with van der Waals surface area (Å²) in [6, 6.07) is 2.09. The SMILES string of the molecule is CCC(C)NC(=O)CCNc1ncc(N)cc1C. The number of carbonyl (C=O) groups is 1. The van der Waals surface area contributed by atoms with Gasteiger partial charge in [-0.25, -0.2) is 4.98 Å². The standard InChI is InChI=1S/C13H22N4O/c1-4-10(3)17-12(18)5-6-15-13-9(2)7-11(14)8-16-13/h7-8,10H,4-6,14H2,1-3H3,(H,15,16)(H,17,18). The molecule has 1 amide bonds. The van der Waals surface area contributed by atoms with E-state index in [0.29, 0.717) is 18.7 Å². The molecule has 0 saturated heterocycles. The maximum atomic E-state index is 11.6. The number of hydrogen-bond donors (Lipinski definition) is 3. The number of aromatic nitrogens is 1. The molecule has 1 unspecified atom stereocenters. The monoisotopic (exact) mass is 250 g/mol. The molecule has 0 spiro atoms. The van der Waals surface area contributed by atoms with Gasteiger partial charge in [0.05, 0.1) is 11.9 Å². The number of anilines is 2. The molecular formula is C13H22N4O. The van der Waals surface area contributed by atoms with Crippen LogP contribution in [0.15, 0.2) is 12.3 Å². The summed E-state index contributed by atoms with van der Waals surface area (Å²) >= 11 is 0. The van der Waals surface area contributed by atoms with E-state index < -0.39 is 0 Å². The van der Waals surface area contributed by atoms with Gasteiger partial charge in [-0.1, -0.05) is 6.92 Å². The molecule has 1 rings (SSSR count). The molecule has 5 heteroatoms. The first-order valence-electron chi connectivity index (χ1n) is 6.28. The van der Waals surface area contributed by atoms with Crippen molar-refractivity contribution in [2.24, 2.45) is 0 Å². The predicted molar refractivity (Wildman–Crippen MR) is 74.4 cm³/mol. The number of nitrogen functional groups attached to an aromatic ring is 1. The highest BCUT2D eigenvalue weighted by atomic mass is 16.1. The number of nitrogens with two attached hydrogens (primary N) is 1. The van der Waals surface area contributed by atoms with Gasteiger partial charge in [-0.05, 0) is 31.9 Å². The normalized spacial score (nSPS) is 11.9. The Morgan fingerprint density at radius 1 is 1.56 bits per heavy atom. The summed E-state index contributed by atoms with van der Waals surface area (Å²) in [6.07, 6.45) is 2.99. The van der Waals surface area contributed by atoms with Crippen LogP contribution in [0, 0.1) is 6.92 Å². The number of carbonyl (C=O) groups excluding carboxylic acids is 1. The zero-order chi connectivity index (χ0) is 13.5. The van der Waals surface area contributed by atoms with Gasteiger partial charge in [0.15, 0.2) is 0 Å². The molecule has 0 bridgehead atoms. The van der Waals surface area contributed by atoms with Gasteiger partial charge in [-0.3, -0.25) is 4.79 Å². The smallest absolute Gasteiger partial charge is 0.221 e. The minimum atomic E-state index is 0.0601. The lowest BCUT2D eigenvalue weighted by atomic mass is 10.2. The second kappa shape index (κ2) is 6.83. The molecule has 1 aromatic rings. The van der Waals surface area contributed by atoms with Crippen molar-refractivity contribution in [3.8, 4) is 0 Å². The zero-order valence-electron chi connectivity index (χ0n) is 11.3. The van der Waals surface area contributed by atoms with Crippen LogP contribution < -0.4 is 16.4 Å². The van der Waals surface area contributed by atoms with Crippen molar-refractivity contribution in [1.82, 2.24) is 10.3 Å². The number of nitrogens with zero attached hydrogens (tertiary/aromatic N) is 1. The van der Waals surface area contributed by atoms with Gasteiger partial charge in [-0.15, -0.1) is 0 Å². The summed E-state index contributed by atoms with van der Waals surface area (Å²) in [5.41, 5.74) is 7.25. The fourth-order valence-electron chi connectivity index (χ4n) is 1.53. The van der Waals surface area contributed by atoms with Crippen LogP contribution in [-0.2, 0) is 4.79 Å². The van der Waals surface area contributed by atoms with Crippen LogP contribution in [0.1, 0.15) is 32.3 Å². The second-order valence-electron chi connectivity index (χ2n) is 4.49. The van der Waals surface area contributed by atoms with E-state index in [0.717, 1.165) is 17.8 Å². The lowest BCUT2D eigenvalue weighted by molar-refractivity contribution is -0.121. The van der Waals surface area contributed by atoms with Crippen molar-refractivity contribution in [1.29, 1.82) is 0 Å². The van der Waals surface area contributed by atoms with Crippen molar-refractivity contribution in [2.75, 3.05) is 17.6 Å². The van der Waals surface area contributed by atoms with Crippen molar-refractivity contribution in [3.63, 3.8) is 0 Å². The molecule has 5 nitrogen and oxygen atoms in total. The van der Waals surface area contributed by atoms with Gasteiger partial charge in [0.25, 0.3) is 0 Å². The fourth-order valence-corrected chi connectivity index (χ4v) is 1.53. The summed E-state index contributed by atoms with van der Waals surface area (Å²) < 4.78 is 0. The molecule has 1 atom stereocenters. The Labute approximate surface area is 108 Å². The molecular weight excluding hydrogens is 228 g/mol. The molecule has 0 fully saturated rings. The van der Waals surface area contributed by atoms with Gasteiger partial charge >= 0.3 is 0 Å². The van der Waals surface area contributed by atoms with Crippen molar-refractivity contribution >= 4 is 17.4 Å². The van der Waals surface area contributed by atoms with Crippen LogP contribution in [0.5, 0.6) is 0 Å². The number of hydrogen-bond acceptors (Lipinski definition) is 4. The predicted octanol–water partition coefficient (Wildman–Crippen LogP) is 1.69. The minimum Gasteiger partial charge on any atom is -0.397 e. The van der Waals surface area contributed by atoms with E-state index in [1.807, 2.05) is 26.8 Å². The number of aryl methyl sites for hydroxylation is 1. The maximum Gasteiger partial charge on any atom is 0.221 e. The summed E-state index contributed by atoms with van der Waals surface area (Å²) in [7, 11) is 0. The molecule has 0 aliphatic heterocycles. The Morgan fingerprint density at radius 3 is 2.89 bits per heavy atom. The molecule has 1 aromatic heterocycles. The summed E-state index contributed by atoms with van der Waals surface area (Å²) in [5.74, 6) is 0.838. The van der Waals surface area contributed by atoms with Gasteiger partial charge in [0.1, 0.15) is 5.82 Å². The number of nitrogens with one attached hydrogen (secondary N) is 2. The third-order valence-electron chi connectivity index (χ3n) is 2.76. The second-order valence-corrected chi connectivity index (χ2v) is 4.49. The fraction of sp³-hybridized carbons (Fsp3) is 0.538.